The number of carbonyl (C=O) groups is 1. The van der Waals surface area contributed by atoms with Crippen molar-refractivity contribution in [2.24, 2.45) is 23.2 Å². The third-order valence-electron chi connectivity index (χ3n) is 10.1. The molecule has 2 heterocycles. The van der Waals surface area contributed by atoms with Crippen molar-refractivity contribution in [1.29, 1.82) is 0 Å². The van der Waals surface area contributed by atoms with Gasteiger partial charge in [-0.25, -0.2) is 8.42 Å². The number of aromatic nitrogens is 1. The zero-order chi connectivity index (χ0) is 32.4. The van der Waals surface area contributed by atoms with Gasteiger partial charge in [-0.15, -0.1) is 0 Å². The molecule has 2 aromatic carbocycles. The molecule has 4 aliphatic carbocycles. The van der Waals surface area contributed by atoms with Gasteiger partial charge < -0.3 is 13.9 Å². The predicted molar refractivity (Wildman–Crippen MR) is 161 cm³/mol. The number of fused-ring (bicyclic) bond motifs is 3. The molecule has 1 atom stereocenters. The molecule has 0 N–H and O–H groups in total. The minimum atomic E-state index is -6.67. The lowest BCUT2D eigenvalue weighted by Crippen LogP contribution is -2.56. The van der Waals surface area contributed by atoms with Gasteiger partial charge in [0.25, 0.3) is 6.10 Å². The van der Waals surface area contributed by atoms with Gasteiger partial charge in [0.1, 0.15) is 11.5 Å². The Morgan fingerprint density at radius 3 is 2.04 bits per heavy atom. The summed E-state index contributed by atoms with van der Waals surface area (Å²) >= 11 is 0. The van der Waals surface area contributed by atoms with Gasteiger partial charge in [0.05, 0.1) is 5.41 Å². The number of esters is 1. The average Bonchev–Trinajstić information content (AvgIpc) is 3.60. The van der Waals surface area contributed by atoms with E-state index in [-0.39, 0.29) is 37.0 Å². The minimum Gasteiger partial charge on any atom is -0.743 e. The first-order valence-corrected chi connectivity index (χ1v) is 18.4. The van der Waals surface area contributed by atoms with Crippen LogP contribution in [-0.4, -0.2) is 52.5 Å². The lowest BCUT2D eigenvalue weighted by Gasteiger charge is -2.55. The van der Waals surface area contributed by atoms with Crippen molar-refractivity contribution in [3.63, 3.8) is 0 Å². The van der Waals surface area contributed by atoms with Crippen LogP contribution in [0.3, 0.4) is 0 Å². The van der Waals surface area contributed by atoms with Gasteiger partial charge in [-0.1, -0.05) is 18.2 Å². The molecular weight excluding hydrogens is 637 g/mol. The molecule has 0 amide bonds. The molecule has 0 spiro atoms. The van der Waals surface area contributed by atoms with E-state index >= 15 is 0 Å². The number of hydrogen-bond acceptors (Lipinski definition) is 5. The minimum absolute atomic E-state index is 0.131. The molecular formula is C32H36F5NO5S2. The van der Waals surface area contributed by atoms with Crippen LogP contribution >= 0.6 is 0 Å². The highest BCUT2D eigenvalue weighted by Crippen LogP contribution is 2.60. The standard InChI is InChI=1S/C18H20NS.C14H17F5O5S/c1-2-19-17-8-4-3-7-15(17)16-13-14(9-10-18(16)19)20-11-5-6-12-20;15-13(16,17)10(14(18,19)25(21,22)23)24-11(20)12-4-7-1-8(5-12)3-9(2-7)6-12/h3-4,7-10,13H,2,5-6,11-12H2,1H3;7-10H,1-6H2,(H,21,22,23)/q+1;/p-1. The molecule has 5 aliphatic rings. The van der Waals surface area contributed by atoms with Crippen molar-refractivity contribution in [3.8, 4) is 0 Å². The maximum absolute atomic E-state index is 13.5. The molecule has 45 heavy (non-hydrogen) atoms. The van der Waals surface area contributed by atoms with Crippen LogP contribution in [0.1, 0.15) is 58.3 Å². The number of rotatable bonds is 6. The molecule has 5 fully saturated rings. The summed E-state index contributed by atoms with van der Waals surface area (Å²) in [4.78, 5) is 14.0. The van der Waals surface area contributed by atoms with E-state index in [9.17, 15) is 39.7 Å². The fourth-order valence-corrected chi connectivity index (χ4v) is 11.3. The highest BCUT2D eigenvalue weighted by atomic mass is 32.2. The summed E-state index contributed by atoms with van der Waals surface area (Å²) in [6, 6.07) is 16.0. The van der Waals surface area contributed by atoms with Gasteiger partial charge in [0, 0.05) is 45.3 Å². The van der Waals surface area contributed by atoms with Crippen LogP contribution in [0.2, 0.25) is 0 Å². The van der Waals surface area contributed by atoms with E-state index < -0.39 is 39.0 Å². The molecule has 6 nitrogen and oxygen atoms in total. The van der Waals surface area contributed by atoms with Crippen LogP contribution in [0.25, 0.3) is 21.8 Å². The fraction of sp³-hybridized carbons (Fsp3) is 0.594. The Kier molecular flexibility index (Phi) is 8.46. The van der Waals surface area contributed by atoms with Gasteiger partial charge in [0.15, 0.2) is 15.0 Å². The van der Waals surface area contributed by atoms with Crippen molar-refractivity contribution >= 4 is 48.8 Å². The highest BCUT2D eigenvalue weighted by Gasteiger charge is 2.65. The molecule has 3 aromatic rings. The molecule has 4 saturated carbocycles. The second-order valence-electron chi connectivity index (χ2n) is 13.1. The number of carbonyl (C=O) groups excluding carboxylic acids is 1. The molecule has 246 valence electrons. The topological polar surface area (TPSA) is 88.4 Å². The Balaban J connectivity index is 0.000000162. The van der Waals surface area contributed by atoms with Crippen LogP contribution in [-0.2, 0) is 37.1 Å². The fourth-order valence-electron chi connectivity index (χ4n) is 8.49. The Morgan fingerprint density at radius 2 is 1.51 bits per heavy atom. The Morgan fingerprint density at radius 1 is 0.956 bits per heavy atom. The third kappa shape index (κ3) is 5.97. The van der Waals surface area contributed by atoms with Crippen LogP contribution in [0, 0.1) is 23.2 Å². The number of hydrogen-bond donors (Lipinski definition) is 0. The zero-order valence-corrected chi connectivity index (χ0v) is 26.5. The lowest BCUT2D eigenvalue weighted by molar-refractivity contribution is -0.266. The first kappa shape index (κ1) is 32.6. The smallest absolute Gasteiger partial charge is 0.432 e. The van der Waals surface area contributed by atoms with Crippen molar-refractivity contribution in [1.82, 2.24) is 4.57 Å². The molecule has 4 bridgehead atoms. The predicted octanol–water partition coefficient (Wildman–Crippen LogP) is 7.40. The maximum atomic E-state index is 13.5. The van der Waals surface area contributed by atoms with Crippen LogP contribution < -0.4 is 0 Å². The van der Waals surface area contributed by atoms with Gasteiger partial charge >= 0.3 is 17.4 Å². The van der Waals surface area contributed by atoms with E-state index in [4.69, 9.17) is 0 Å². The normalized spacial score (nSPS) is 27.5. The molecule has 1 unspecified atom stereocenters. The molecule has 8 rings (SSSR count). The molecule has 1 aromatic heterocycles. The molecule has 13 heteroatoms. The van der Waals surface area contributed by atoms with Crippen molar-refractivity contribution < 1.29 is 44.5 Å². The SMILES string of the molecule is CCn1c2ccccc2c2cc([S+]3CCCC3)ccc21.O=C(OC(C(F)(F)F)C(F)(F)S(=O)(=O)[O-])C12CC3CC(CC(C3)C1)C2. The van der Waals surface area contributed by atoms with Gasteiger partial charge in [-0.2, -0.15) is 22.0 Å². The summed E-state index contributed by atoms with van der Waals surface area (Å²) < 4.78 is 104. The third-order valence-corrected chi connectivity index (χ3v) is 13.4. The number of alkyl halides is 5. The van der Waals surface area contributed by atoms with Gasteiger partial charge in [-0.3, -0.25) is 4.79 Å². The van der Waals surface area contributed by atoms with Gasteiger partial charge in [-0.05, 0) is 94.2 Å². The summed E-state index contributed by atoms with van der Waals surface area (Å²) in [5.74, 6) is 1.72. The number of benzene rings is 2. The average molecular weight is 674 g/mol. The number of halogens is 5. The lowest BCUT2D eigenvalue weighted by atomic mass is 9.49. The van der Waals surface area contributed by atoms with E-state index in [1.807, 2.05) is 0 Å². The number of aryl methyl sites for hydroxylation is 1. The second kappa shape index (κ2) is 11.7. The first-order chi connectivity index (χ1) is 21.1. The second-order valence-corrected chi connectivity index (χ2v) is 16.8. The quantitative estimate of drug-likeness (QED) is 0.118. The molecule has 0 radical (unpaired) electrons. The zero-order valence-electron chi connectivity index (χ0n) is 24.8. The Labute approximate surface area is 261 Å². The van der Waals surface area contributed by atoms with E-state index in [2.05, 4.69) is 58.7 Å². The van der Waals surface area contributed by atoms with Gasteiger partial charge in [0.2, 0.25) is 0 Å². The maximum Gasteiger partial charge on any atom is 0.432 e. The van der Waals surface area contributed by atoms with Crippen molar-refractivity contribution in [3.05, 3.63) is 42.5 Å². The first-order valence-electron chi connectivity index (χ1n) is 15.4. The monoisotopic (exact) mass is 673 g/mol. The highest BCUT2D eigenvalue weighted by molar-refractivity contribution is 7.97. The van der Waals surface area contributed by atoms with Crippen LogP contribution in [0.15, 0.2) is 47.4 Å². The van der Waals surface area contributed by atoms with E-state index in [0.29, 0.717) is 10.9 Å². The summed E-state index contributed by atoms with van der Waals surface area (Å²) in [6.45, 7) is 3.27. The summed E-state index contributed by atoms with van der Waals surface area (Å²) in [5, 5.41) is -2.93. The summed E-state index contributed by atoms with van der Waals surface area (Å²) in [6.07, 6.45) is -4.08. The van der Waals surface area contributed by atoms with E-state index in [0.717, 1.165) is 25.8 Å². The van der Waals surface area contributed by atoms with E-state index in [1.54, 1.807) is 4.90 Å². The Hall–Kier alpha value is -2.38. The Bertz CT molecular complexity index is 1660. The summed E-state index contributed by atoms with van der Waals surface area (Å²) in [5.41, 5.74) is 1.47. The molecule has 1 saturated heterocycles. The van der Waals surface area contributed by atoms with Crippen LogP contribution in [0.5, 0.6) is 0 Å². The number of para-hydroxylation sites is 1. The van der Waals surface area contributed by atoms with E-state index in [1.165, 1.54) is 46.2 Å². The van der Waals surface area contributed by atoms with Crippen molar-refractivity contribution in [2.45, 2.75) is 87.3 Å². The van der Waals surface area contributed by atoms with Crippen molar-refractivity contribution in [2.75, 3.05) is 11.5 Å². The number of nitrogens with zero attached hydrogens (tertiary/aromatic N) is 1. The largest absolute Gasteiger partial charge is 0.743 e. The molecule has 1 aliphatic heterocycles. The summed E-state index contributed by atoms with van der Waals surface area (Å²) in [7, 11) is -6.16. The van der Waals surface area contributed by atoms with Crippen LogP contribution in [0.4, 0.5) is 22.0 Å². The number of ether oxygens (including phenoxy) is 1.